The van der Waals surface area contributed by atoms with Crippen molar-refractivity contribution in [3.05, 3.63) is 83.7 Å². The molecule has 2 heterocycles. The van der Waals surface area contributed by atoms with Crippen molar-refractivity contribution < 1.29 is 9.63 Å². The summed E-state index contributed by atoms with van der Waals surface area (Å²) in [6, 6.07) is 19.6. The lowest BCUT2D eigenvalue weighted by Crippen LogP contribution is -2.15. The predicted octanol–water partition coefficient (Wildman–Crippen LogP) is 3.67. The van der Waals surface area contributed by atoms with E-state index in [9.17, 15) is 0 Å². The van der Waals surface area contributed by atoms with Gasteiger partial charge < -0.3 is 15.4 Å². The molecule has 1 unspecified atom stereocenters. The van der Waals surface area contributed by atoms with Crippen molar-refractivity contribution in [2.24, 2.45) is 5.73 Å². The zero-order valence-electron chi connectivity index (χ0n) is 14.9. The Morgan fingerprint density at radius 2 is 1.89 bits per heavy atom. The Kier molecular flexibility index (Phi) is 4.96. The quantitative estimate of drug-likeness (QED) is 0.549. The van der Waals surface area contributed by atoms with Crippen molar-refractivity contribution in [3.8, 4) is 11.3 Å². The van der Waals surface area contributed by atoms with E-state index in [4.69, 9.17) is 15.4 Å². The number of hydrogen-bond acceptors (Lipinski definition) is 5. The topological polar surface area (TPSA) is 85.2 Å². The highest BCUT2D eigenvalue weighted by atomic mass is 16.5. The zero-order valence-corrected chi connectivity index (χ0v) is 14.9. The number of nitrogens with two attached hydrogens (primary N) is 1. The number of aliphatic hydroxyl groups is 1. The van der Waals surface area contributed by atoms with E-state index in [1.807, 2.05) is 60.7 Å². The predicted molar refractivity (Wildman–Crippen MR) is 105 cm³/mol. The Hall–Kier alpha value is -3.02. The summed E-state index contributed by atoms with van der Waals surface area (Å²) < 4.78 is 5.56. The first-order valence-corrected chi connectivity index (χ1v) is 9.00. The molecule has 0 spiro atoms. The Morgan fingerprint density at radius 1 is 1.04 bits per heavy atom. The third-order valence-corrected chi connectivity index (χ3v) is 4.71. The number of aliphatic hydroxyl groups excluding tert-OH is 1. The van der Waals surface area contributed by atoms with Gasteiger partial charge in [0.2, 0.25) is 0 Å². The number of rotatable bonds is 6. The van der Waals surface area contributed by atoms with Gasteiger partial charge in [-0.1, -0.05) is 41.6 Å². The van der Waals surface area contributed by atoms with Crippen molar-refractivity contribution in [3.63, 3.8) is 0 Å². The molecule has 4 rings (SSSR count). The van der Waals surface area contributed by atoms with E-state index in [1.54, 1.807) is 6.20 Å². The number of benzene rings is 2. The Bertz CT molecular complexity index is 1040. The van der Waals surface area contributed by atoms with Crippen LogP contribution in [0.15, 0.2) is 71.4 Å². The minimum Gasteiger partial charge on any atom is -0.396 e. The van der Waals surface area contributed by atoms with E-state index in [2.05, 4.69) is 10.1 Å². The number of fused-ring (bicyclic) bond motifs is 1. The minimum absolute atomic E-state index is 0.109. The van der Waals surface area contributed by atoms with Gasteiger partial charge in [0.15, 0.2) is 5.58 Å². The fourth-order valence-corrected chi connectivity index (χ4v) is 3.35. The van der Waals surface area contributed by atoms with Crippen LogP contribution in [0.1, 0.15) is 22.9 Å². The van der Waals surface area contributed by atoms with Crippen molar-refractivity contribution in [2.75, 3.05) is 6.61 Å². The number of pyridine rings is 1. The van der Waals surface area contributed by atoms with Gasteiger partial charge in [0.05, 0.1) is 0 Å². The molecule has 5 heteroatoms. The summed E-state index contributed by atoms with van der Waals surface area (Å²) in [7, 11) is 0. The molecule has 0 bridgehead atoms. The van der Waals surface area contributed by atoms with E-state index in [0.717, 1.165) is 33.5 Å². The lowest BCUT2D eigenvalue weighted by molar-refractivity contribution is 0.299. The van der Waals surface area contributed by atoms with E-state index in [-0.39, 0.29) is 12.6 Å². The molecular weight excluding hydrogens is 338 g/mol. The molecule has 0 fully saturated rings. The van der Waals surface area contributed by atoms with Crippen LogP contribution in [-0.2, 0) is 12.8 Å². The van der Waals surface area contributed by atoms with Gasteiger partial charge >= 0.3 is 0 Å². The highest BCUT2D eigenvalue weighted by molar-refractivity contribution is 5.92. The lowest BCUT2D eigenvalue weighted by atomic mass is 9.94. The number of nitrogens with zero attached hydrogens (tertiary/aromatic N) is 2. The Morgan fingerprint density at radius 3 is 2.70 bits per heavy atom. The number of aromatic nitrogens is 2. The van der Waals surface area contributed by atoms with Crippen LogP contribution in [-0.4, -0.2) is 21.9 Å². The fourth-order valence-electron chi connectivity index (χ4n) is 3.35. The average molecular weight is 359 g/mol. The first kappa shape index (κ1) is 17.4. The third-order valence-electron chi connectivity index (χ3n) is 4.71. The van der Waals surface area contributed by atoms with Crippen molar-refractivity contribution in [1.29, 1.82) is 0 Å². The van der Waals surface area contributed by atoms with Crippen LogP contribution in [0.3, 0.4) is 0 Å². The van der Waals surface area contributed by atoms with Crippen LogP contribution in [0.2, 0.25) is 0 Å². The summed E-state index contributed by atoms with van der Waals surface area (Å²) in [5, 5.41) is 14.4. The molecule has 27 heavy (non-hydrogen) atoms. The van der Waals surface area contributed by atoms with Gasteiger partial charge in [-0.25, -0.2) is 0 Å². The first-order valence-electron chi connectivity index (χ1n) is 9.00. The molecule has 1 atom stereocenters. The molecule has 4 aromatic rings. The maximum atomic E-state index is 9.13. The molecule has 136 valence electrons. The molecule has 0 saturated carbocycles. The molecule has 0 saturated heterocycles. The second-order valence-electron chi connectivity index (χ2n) is 6.55. The minimum atomic E-state index is -0.198. The molecule has 0 radical (unpaired) electrons. The number of hydrogen-bond donors (Lipinski definition) is 2. The van der Waals surface area contributed by atoms with Gasteiger partial charge in [0, 0.05) is 41.9 Å². The second-order valence-corrected chi connectivity index (χ2v) is 6.55. The molecular formula is C22H21N3O2. The monoisotopic (exact) mass is 359 g/mol. The van der Waals surface area contributed by atoms with Crippen LogP contribution in [0.4, 0.5) is 0 Å². The van der Waals surface area contributed by atoms with Crippen LogP contribution in [0.25, 0.3) is 22.2 Å². The summed E-state index contributed by atoms with van der Waals surface area (Å²) in [4.78, 5) is 4.38. The van der Waals surface area contributed by atoms with E-state index < -0.39 is 0 Å². The molecule has 0 aliphatic carbocycles. The summed E-state index contributed by atoms with van der Waals surface area (Å²) >= 11 is 0. The molecule has 0 aliphatic rings. The Labute approximate surface area is 157 Å². The molecule has 0 amide bonds. The van der Waals surface area contributed by atoms with Gasteiger partial charge in [0.1, 0.15) is 5.69 Å². The van der Waals surface area contributed by atoms with Gasteiger partial charge in [-0.15, -0.1) is 0 Å². The van der Waals surface area contributed by atoms with Gasteiger partial charge in [-0.05, 0) is 41.8 Å². The summed E-state index contributed by atoms with van der Waals surface area (Å²) in [6.45, 7) is 0.109. The first-order chi connectivity index (χ1) is 13.3. The van der Waals surface area contributed by atoms with Gasteiger partial charge in [-0.3, -0.25) is 4.98 Å². The Balaban J connectivity index is 1.71. The highest BCUT2D eigenvalue weighted by Crippen LogP contribution is 2.33. The van der Waals surface area contributed by atoms with Crippen LogP contribution >= 0.6 is 0 Å². The maximum Gasteiger partial charge on any atom is 0.167 e. The highest BCUT2D eigenvalue weighted by Gasteiger charge is 2.18. The van der Waals surface area contributed by atoms with E-state index in [0.29, 0.717) is 18.4 Å². The standard InChI is InChI=1S/C22H21N3O2/c23-20(14-16-5-3-4-11-24-16)17-6-1-2-7-18(17)22-19-9-8-15(10-12-26)13-21(19)27-25-22/h1-9,11,13,20,26H,10,12,14,23H2. The van der Waals surface area contributed by atoms with E-state index >= 15 is 0 Å². The molecule has 2 aromatic heterocycles. The molecule has 5 nitrogen and oxygen atoms in total. The van der Waals surface area contributed by atoms with Crippen LogP contribution in [0, 0.1) is 0 Å². The smallest absolute Gasteiger partial charge is 0.167 e. The summed E-state index contributed by atoms with van der Waals surface area (Å²) in [6.07, 6.45) is 3.02. The van der Waals surface area contributed by atoms with Crippen LogP contribution in [0.5, 0.6) is 0 Å². The van der Waals surface area contributed by atoms with Gasteiger partial charge in [0.25, 0.3) is 0 Å². The summed E-state index contributed by atoms with van der Waals surface area (Å²) in [5.41, 5.74) is 12.0. The fraction of sp³-hybridized carbons (Fsp3) is 0.182. The normalized spacial score (nSPS) is 12.4. The molecule has 0 aliphatic heterocycles. The summed E-state index contributed by atoms with van der Waals surface area (Å²) in [5.74, 6) is 0. The van der Waals surface area contributed by atoms with Crippen molar-refractivity contribution >= 4 is 11.0 Å². The largest absolute Gasteiger partial charge is 0.396 e. The van der Waals surface area contributed by atoms with Crippen LogP contribution < -0.4 is 5.73 Å². The van der Waals surface area contributed by atoms with Crippen molar-refractivity contribution in [1.82, 2.24) is 10.1 Å². The van der Waals surface area contributed by atoms with Crippen molar-refractivity contribution in [2.45, 2.75) is 18.9 Å². The second kappa shape index (κ2) is 7.70. The zero-order chi connectivity index (χ0) is 18.6. The third kappa shape index (κ3) is 3.60. The molecule has 3 N–H and O–H groups in total. The molecule has 2 aromatic carbocycles. The average Bonchev–Trinajstić information content (AvgIpc) is 3.12. The van der Waals surface area contributed by atoms with Gasteiger partial charge in [-0.2, -0.15) is 0 Å². The van der Waals surface area contributed by atoms with E-state index in [1.165, 1.54) is 0 Å². The maximum absolute atomic E-state index is 9.13. The lowest BCUT2D eigenvalue weighted by Gasteiger charge is -2.15. The SMILES string of the molecule is NC(Cc1ccccn1)c1ccccc1-c1noc2cc(CCO)ccc12.